The van der Waals surface area contributed by atoms with Gasteiger partial charge in [-0.2, -0.15) is 0 Å². The molecule has 1 N–H and O–H groups in total. The lowest BCUT2D eigenvalue weighted by atomic mass is 10.0. The van der Waals surface area contributed by atoms with Crippen molar-refractivity contribution in [3.05, 3.63) is 65.2 Å². The van der Waals surface area contributed by atoms with E-state index < -0.39 is 0 Å². The monoisotopic (exact) mass is 352 g/mol. The number of amides is 2. The zero-order valence-corrected chi connectivity index (χ0v) is 15.2. The van der Waals surface area contributed by atoms with Crippen molar-refractivity contribution in [2.75, 3.05) is 25.1 Å². The zero-order chi connectivity index (χ0) is 18.7. The van der Waals surface area contributed by atoms with Crippen molar-refractivity contribution in [2.24, 2.45) is 0 Å². The SMILES string of the molecule is CC(=O)N1CCc2cc(C(=O)N(C)[C@@H](CCO)c3ccccc3)ccc21. The van der Waals surface area contributed by atoms with E-state index in [-0.39, 0.29) is 24.5 Å². The molecule has 0 saturated heterocycles. The smallest absolute Gasteiger partial charge is 0.254 e. The van der Waals surface area contributed by atoms with Gasteiger partial charge in [0, 0.05) is 38.4 Å². The predicted molar refractivity (Wildman–Crippen MR) is 101 cm³/mol. The Bertz CT molecular complexity index is 804. The molecule has 0 radical (unpaired) electrons. The van der Waals surface area contributed by atoms with Crippen molar-refractivity contribution in [1.29, 1.82) is 0 Å². The first-order chi connectivity index (χ1) is 12.5. The number of carbonyl (C=O) groups excluding carboxylic acids is 2. The molecule has 0 spiro atoms. The molecule has 0 aliphatic carbocycles. The molecule has 1 heterocycles. The molecule has 136 valence electrons. The lowest BCUT2D eigenvalue weighted by Crippen LogP contribution is -2.32. The highest BCUT2D eigenvalue weighted by Crippen LogP contribution is 2.30. The van der Waals surface area contributed by atoms with E-state index in [1.165, 1.54) is 0 Å². The lowest BCUT2D eigenvalue weighted by Gasteiger charge is -2.28. The number of fused-ring (bicyclic) bond motifs is 1. The average Bonchev–Trinajstić information content (AvgIpc) is 3.09. The predicted octanol–water partition coefficient (Wildman–Crippen LogP) is 2.79. The van der Waals surface area contributed by atoms with E-state index >= 15 is 0 Å². The van der Waals surface area contributed by atoms with Crippen LogP contribution in [0.1, 0.15) is 40.9 Å². The summed E-state index contributed by atoms with van der Waals surface area (Å²) in [6.45, 7) is 2.23. The van der Waals surface area contributed by atoms with Crippen LogP contribution in [-0.4, -0.2) is 42.0 Å². The molecule has 0 unspecified atom stereocenters. The molecule has 0 aromatic heterocycles. The van der Waals surface area contributed by atoms with Crippen LogP contribution in [0.5, 0.6) is 0 Å². The quantitative estimate of drug-likeness (QED) is 0.900. The van der Waals surface area contributed by atoms with E-state index in [2.05, 4.69) is 0 Å². The number of aliphatic hydroxyl groups is 1. The molecule has 26 heavy (non-hydrogen) atoms. The fraction of sp³-hybridized carbons (Fsp3) is 0.333. The van der Waals surface area contributed by atoms with E-state index in [0.717, 1.165) is 23.2 Å². The minimum atomic E-state index is -0.185. The number of anilines is 1. The molecule has 1 atom stereocenters. The van der Waals surface area contributed by atoms with Gasteiger partial charge in [0.05, 0.1) is 6.04 Å². The van der Waals surface area contributed by atoms with Crippen LogP contribution in [0.4, 0.5) is 5.69 Å². The summed E-state index contributed by atoms with van der Waals surface area (Å²) in [5.74, 6) is -0.0663. The highest BCUT2D eigenvalue weighted by molar-refractivity contribution is 5.98. The number of rotatable bonds is 5. The van der Waals surface area contributed by atoms with Gasteiger partial charge in [0.2, 0.25) is 5.91 Å². The third kappa shape index (κ3) is 3.48. The van der Waals surface area contributed by atoms with Crippen molar-refractivity contribution in [3.63, 3.8) is 0 Å². The number of nitrogens with zero attached hydrogens (tertiary/aromatic N) is 2. The lowest BCUT2D eigenvalue weighted by molar-refractivity contribution is -0.116. The van der Waals surface area contributed by atoms with Gasteiger partial charge >= 0.3 is 0 Å². The molecule has 2 aromatic rings. The van der Waals surface area contributed by atoms with E-state index in [9.17, 15) is 14.7 Å². The molecular weight excluding hydrogens is 328 g/mol. The molecule has 0 bridgehead atoms. The number of hydrogen-bond donors (Lipinski definition) is 1. The zero-order valence-electron chi connectivity index (χ0n) is 15.2. The summed E-state index contributed by atoms with van der Waals surface area (Å²) in [4.78, 5) is 28.1. The summed E-state index contributed by atoms with van der Waals surface area (Å²) in [5.41, 5.74) is 3.53. The fourth-order valence-electron chi connectivity index (χ4n) is 3.59. The Morgan fingerprint density at radius 1 is 1.19 bits per heavy atom. The van der Waals surface area contributed by atoms with Crippen molar-refractivity contribution >= 4 is 17.5 Å². The third-order valence-corrected chi connectivity index (χ3v) is 4.98. The second-order valence-electron chi connectivity index (χ2n) is 6.62. The van der Waals surface area contributed by atoms with Crippen molar-refractivity contribution in [1.82, 2.24) is 4.90 Å². The molecule has 1 aliphatic heterocycles. The van der Waals surface area contributed by atoms with Crippen LogP contribution in [0.15, 0.2) is 48.5 Å². The Morgan fingerprint density at radius 3 is 2.58 bits per heavy atom. The van der Waals surface area contributed by atoms with E-state index in [4.69, 9.17) is 0 Å². The third-order valence-electron chi connectivity index (χ3n) is 4.98. The fourth-order valence-corrected chi connectivity index (χ4v) is 3.59. The minimum absolute atomic E-state index is 0.00887. The Morgan fingerprint density at radius 2 is 1.92 bits per heavy atom. The minimum Gasteiger partial charge on any atom is -0.396 e. The Hall–Kier alpha value is -2.66. The van der Waals surface area contributed by atoms with Crippen molar-refractivity contribution in [2.45, 2.75) is 25.8 Å². The van der Waals surface area contributed by atoms with Crippen LogP contribution in [-0.2, 0) is 11.2 Å². The van der Waals surface area contributed by atoms with Gasteiger partial charge < -0.3 is 14.9 Å². The standard InChI is InChI=1S/C21H24N2O3/c1-15(25)23-12-10-17-14-18(8-9-20(17)23)21(26)22(2)19(11-13-24)16-6-4-3-5-7-16/h3-9,14,19,24H,10-13H2,1-2H3/t19-/m0/s1. The Kier molecular flexibility index (Phi) is 5.38. The highest BCUT2D eigenvalue weighted by Gasteiger charge is 2.26. The van der Waals surface area contributed by atoms with E-state index in [1.807, 2.05) is 42.5 Å². The van der Waals surface area contributed by atoms with Gasteiger partial charge in [0.15, 0.2) is 0 Å². The number of carbonyl (C=O) groups is 2. The maximum atomic E-state index is 13.0. The molecule has 2 amide bonds. The topological polar surface area (TPSA) is 60.9 Å². The summed E-state index contributed by atoms with van der Waals surface area (Å²) in [5, 5.41) is 9.43. The molecule has 3 rings (SSSR count). The van der Waals surface area contributed by atoms with Crippen LogP contribution >= 0.6 is 0 Å². The van der Waals surface area contributed by atoms with Gasteiger partial charge in [-0.15, -0.1) is 0 Å². The maximum Gasteiger partial charge on any atom is 0.254 e. The van der Waals surface area contributed by atoms with E-state index in [1.54, 1.807) is 29.8 Å². The van der Waals surface area contributed by atoms with Crippen LogP contribution in [0.2, 0.25) is 0 Å². The molecular formula is C21H24N2O3. The number of aliphatic hydroxyl groups excluding tert-OH is 1. The second-order valence-corrected chi connectivity index (χ2v) is 6.62. The molecule has 2 aromatic carbocycles. The second kappa shape index (κ2) is 7.70. The van der Waals surface area contributed by atoms with E-state index in [0.29, 0.717) is 18.5 Å². The van der Waals surface area contributed by atoms with Crippen LogP contribution in [0, 0.1) is 0 Å². The molecule has 0 saturated carbocycles. The molecule has 5 nitrogen and oxygen atoms in total. The summed E-state index contributed by atoms with van der Waals surface area (Å²) in [6.07, 6.45) is 1.24. The summed E-state index contributed by atoms with van der Waals surface area (Å²) in [6, 6.07) is 15.1. The first-order valence-corrected chi connectivity index (χ1v) is 8.87. The van der Waals surface area contributed by atoms with Gasteiger partial charge in [-0.25, -0.2) is 0 Å². The average molecular weight is 352 g/mol. The molecule has 0 fully saturated rings. The largest absolute Gasteiger partial charge is 0.396 e. The Balaban J connectivity index is 1.85. The van der Waals surface area contributed by atoms with Crippen molar-refractivity contribution in [3.8, 4) is 0 Å². The normalized spacial score (nSPS) is 14.0. The first-order valence-electron chi connectivity index (χ1n) is 8.87. The Labute approximate surface area is 153 Å². The van der Waals surface area contributed by atoms with Gasteiger partial charge in [-0.05, 0) is 42.2 Å². The molecule has 1 aliphatic rings. The van der Waals surface area contributed by atoms with Gasteiger partial charge in [0.25, 0.3) is 5.91 Å². The number of hydrogen-bond acceptors (Lipinski definition) is 3. The summed E-state index contributed by atoms with van der Waals surface area (Å²) < 4.78 is 0. The van der Waals surface area contributed by atoms with Gasteiger partial charge in [-0.3, -0.25) is 9.59 Å². The number of benzene rings is 2. The van der Waals surface area contributed by atoms with Gasteiger partial charge in [-0.1, -0.05) is 30.3 Å². The van der Waals surface area contributed by atoms with Crippen molar-refractivity contribution < 1.29 is 14.7 Å². The molecule has 5 heteroatoms. The highest BCUT2D eigenvalue weighted by atomic mass is 16.3. The van der Waals surface area contributed by atoms with Crippen LogP contribution in [0.25, 0.3) is 0 Å². The van der Waals surface area contributed by atoms with Crippen LogP contribution in [0.3, 0.4) is 0 Å². The van der Waals surface area contributed by atoms with Gasteiger partial charge in [0.1, 0.15) is 0 Å². The summed E-state index contributed by atoms with van der Waals surface area (Å²) in [7, 11) is 1.77. The maximum absolute atomic E-state index is 13.0. The van der Waals surface area contributed by atoms with Crippen LogP contribution < -0.4 is 4.90 Å². The first kappa shape index (κ1) is 18.1. The summed E-state index contributed by atoms with van der Waals surface area (Å²) >= 11 is 0.